The largest absolute Gasteiger partial charge is 0.484 e. The molecule has 2 N–H and O–H groups in total. The fourth-order valence-corrected chi connectivity index (χ4v) is 2.58. The Bertz CT molecular complexity index is 802. The average Bonchev–Trinajstić information content (AvgIpc) is 3.08. The highest BCUT2D eigenvalue weighted by molar-refractivity contribution is 5.78. The Morgan fingerprint density at radius 3 is 2.62 bits per heavy atom. The second kappa shape index (κ2) is 7.77. The number of nitrogens with one attached hydrogen (secondary N) is 1. The summed E-state index contributed by atoms with van der Waals surface area (Å²) in [5.74, 6) is 0.716. The molecule has 1 aliphatic heterocycles. The van der Waals surface area contributed by atoms with Gasteiger partial charge in [0, 0.05) is 0 Å². The summed E-state index contributed by atoms with van der Waals surface area (Å²) in [6.07, 6.45) is -0.0478. The fraction of sp³-hybridized carbons (Fsp3) is 0.263. The number of aliphatic carboxylic acids is 1. The first-order valence-corrected chi connectivity index (χ1v) is 8.14. The van der Waals surface area contributed by atoms with Crippen molar-refractivity contribution in [2.75, 3.05) is 13.4 Å². The molecule has 0 fully saturated rings. The minimum atomic E-state index is -0.893. The van der Waals surface area contributed by atoms with Crippen LogP contribution in [0.15, 0.2) is 42.5 Å². The van der Waals surface area contributed by atoms with Crippen molar-refractivity contribution in [3.63, 3.8) is 0 Å². The second-order valence-electron chi connectivity index (χ2n) is 5.91. The quantitative estimate of drug-likeness (QED) is 0.790. The molecule has 1 aliphatic rings. The molecule has 2 aromatic rings. The molecule has 0 bridgehead atoms. The first-order chi connectivity index (χ1) is 12.5. The topological polar surface area (TPSA) is 94.1 Å². The zero-order valence-corrected chi connectivity index (χ0v) is 14.2. The number of fused-ring (bicyclic) bond motifs is 1. The second-order valence-corrected chi connectivity index (χ2v) is 5.91. The van der Waals surface area contributed by atoms with Gasteiger partial charge in [-0.1, -0.05) is 18.2 Å². The van der Waals surface area contributed by atoms with Crippen LogP contribution in [0.4, 0.5) is 0 Å². The summed E-state index contributed by atoms with van der Waals surface area (Å²) in [7, 11) is 0. The zero-order chi connectivity index (χ0) is 18.5. The van der Waals surface area contributed by atoms with Gasteiger partial charge in [-0.25, -0.2) is 0 Å². The number of rotatable bonds is 7. The first-order valence-electron chi connectivity index (χ1n) is 8.14. The minimum Gasteiger partial charge on any atom is -0.484 e. The van der Waals surface area contributed by atoms with Gasteiger partial charge >= 0.3 is 5.97 Å². The SMILES string of the molecule is CC(NC(=O)COc1ccc(CC(=O)O)cc1)c1ccc2c(c1)OCO2. The van der Waals surface area contributed by atoms with Crippen LogP contribution in [-0.4, -0.2) is 30.4 Å². The Morgan fingerprint density at radius 2 is 1.88 bits per heavy atom. The van der Waals surface area contributed by atoms with Crippen LogP contribution in [0.3, 0.4) is 0 Å². The van der Waals surface area contributed by atoms with E-state index in [0.29, 0.717) is 22.8 Å². The summed E-state index contributed by atoms with van der Waals surface area (Å²) < 4.78 is 16.0. The van der Waals surface area contributed by atoms with Crippen LogP contribution in [0.5, 0.6) is 17.2 Å². The van der Waals surface area contributed by atoms with Gasteiger partial charge in [-0.3, -0.25) is 9.59 Å². The van der Waals surface area contributed by atoms with E-state index in [0.717, 1.165) is 5.56 Å². The van der Waals surface area contributed by atoms with Gasteiger partial charge in [0.15, 0.2) is 18.1 Å². The molecule has 1 unspecified atom stereocenters. The van der Waals surface area contributed by atoms with E-state index in [1.807, 2.05) is 25.1 Å². The van der Waals surface area contributed by atoms with Crippen molar-refractivity contribution in [1.82, 2.24) is 5.32 Å². The van der Waals surface area contributed by atoms with Crippen LogP contribution in [0.2, 0.25) is 0 Å². The van der Waals surface area contributed by atoms with Crippen molar-refractivity contribution in [2.45, 2.75) is 19.4 Å². The fourth-order valence-electron chi connectivity index (χ4n) is 2.58. The number of hydrogen-bond donors (Lipinski definition) is 2. The van der Waals surface area contributed by atoms with Crippen LogP contribution in [0.25, 0.3) is 0 Å². The molecular weight excluding hydrogens is 338 g/mol. The third-order valence-electron chi connectivity index (χ3n) is 3.92. The number of ether oxygens (including phenoxy) is 3. The van der Waals surface area contributed by atoms with E-state index >= 15 is 0 Å². The Kier molecular flexibility index (Phi) is 5.26. The van der Waals surface area contributed by atoms with Gasteiger partial charge in [-0.15, -0.1) is 0 Å². The monoisotopic (exact) mass is 357 g/mol. The van der Waals surface area contributed by atoms with E-state index in [4.69, 9.17) is 19.3 Å². The lowest BCUT2D eigenvalue weighted by molar-refractivity contribution is -0.136. The summed E-state index contributed by atoms with van der Waals surface area (Å²) in [6, 6.07) is 11.9. The third kappa shape index (κ3) is 4.44. The van der Waals surface area contributed by atoms with E-state index in [1.165, 1.54) is 0 Å². The van der Waals surface area contributed by atoms with Gasteiger partial charge in [0.2, 0.25) is 6.79 Å². The average molecular weight is 357 g/mol. The summed E-state index contributed by atoms with van der Waals surface area (Å²) in [5.41, 5.74) is 1.58. The van der Waals surface area contributed by atoms with Gasteiger partial charge in [-0.2, -0.15) is 0 Å². The summed E-state index contributed by atoms with van der Waals surface area (Å²) >= 11 is 0. The lowest BCUT2D eigenvalue weighted by Gasteiger charge is -2.15. The normalized spacial score (nSPS) is 13.1. The van der Waals surface area contributed by atoms with E-state index in [9.17, 15) is 9.59 Å². The molecule has 0 aromatic heterocycles. The number of carboxylic acids is 1. The summed E-state index contributed by atoms with van der Waals surface area (Å²) in [4.78, 5) is 22.7. The molecule has 1 atom stereocenters. The standard InChI is InChI=1S/C19H19NO6/c1-12(14-4-7-16-17(9-14)26-11-25-16)20-18(21)10-24-15-5-2-13(3-6-15)8-19(22)23/h2-7,9,12H,8,10-11H2,1H3,(H,20,21)(H,22,23). The van der Waals surface area contributed by atoms with Crippen molar-refractivity contribution >= 4 is 11.9 Å². The Morgan fingerprint density at radius 1 is 1.15 bits per heavy atom. The molecule has 0 saturated carbocycles. The molecule has 0 spiro atoms. The number of hydrogen-bond acceptors (Lipinski definition) is 5. The lowest BCUT2D eigenvalue weighted by atomic mass is 10.1. The molecule has 0 saturated heterocycles. The molecule has 0 radical (unpaired) electrons. The van der Waals surface area contributed by atoms with Gasteiger partial charge in [0.1, 0.15) is 5.75 Å². The maximum atomic E-state index is 12.1. The predicted octanol–water partition coefficient (Wildman–Crippen LogP) is 2.30. The van der Waals surface area contributed by atoms with E-state index in [1.54, 1.807) is 24.3 Å². The van der Waals surface area contributed by atoms with Crippen LogP contribution >= 0.6 is 0 Å². The van der Waals surface area contributed by atoms with Crippen LogP contribution in [0.1, 0.15) is 24.1 Å². The Labute approximate surface area is 150 Å². The minimum absolute atomic E-state index is 0.0478. The molecule has 7 heteroatoms. The van der Waals surface area contributed by atoms with Crippen molar-refractivity contribution in [1.29, 1.82) is 0 Å². The molecule has 136 valence electrons. The summed E-state index contributed by atoms with van der Waals surface area (Å²) in [5, 5.41) is 11.6. The first kappa shape index (κ1) is 17.6. The van der Waals surface area contributed by atoms with E-state index in [-0.39, 0.29) is 31.8 Å². The maximum Gasteiger partial charge on any atom is 0.307 e. The molecule has 0 aliphatic carbocycles. The maximum absolute atomic E-state index is 12.1. The van der Waals surface area contributed by atoms with E-state index in [2.05, 4.69) is 5.32 Å². The predicted molar refractivity (Wildman–Crippen MR) is 92.4 cm³/mol. The summed E-state index contributed by atoms with van der Waals surface area (Å²) in [6.45, 7) is 1.95. The molecule has 1 amide bonds. The lowest BCUT2D eigenvalue weighted by Crippen LogP contribution is -2.31. The van der Waals surface area contributed by atoms with Gasteiger partial charge in [-0.05, 0) is 42.3 Å². The zero-order valence-electron chi connectivity index (χ0n) is 14.2. The molecule has 26 heavy (non-hydrogen) atoms. The molecule has 3 rings (SSSR count). The molecule has 7 nitrogen and oxygen atoms in total. The van der Waals surface area contributed by atoms with Crippen LogP contribution in [-0.2, 0) is 16.0 Å². The third-order valence-corrected chi connectivity index (χ3v) is 3.92. The smallest absolute Gasteiger partial charge is 0.307 e. The van der Waals surface area contributed by atoms with E-state index < -0.39 is 5.97 Å². The molecular formula is C19H19NO6. The number of carboxylic acid groups (broad SMARTS) is 1. The Balaban J connectivity index is 1.50. The van der Waals surface area contributed by atoms with Gasteiger partial charge in [0.25, 0.3) is 5.91 Å². The number of carbonyl (C=O) groups excluding carboxylic acids is 1. The van der Waals surface area contributed by atoms with Crippen LogP contribution in [0, 0.1) is 0 Å². The van der Waals surface area contributed by atoms with Crippen molar-refractivity contribution in [3.8, 4) is 17.2 Å². The van der Waals surface area contributed by atoms with Crippen molar-refractivity contribution in [3.05, 3.63) is 53.6 Å². The highest BCUT2D eigenvalue weighted by Gasteiger charge is 2.17. The van der Waals surface area contributed by atoms with Gasteiger partial charge < -0.3 is 24.6 Å². The molecule has 1 heterocycles. The molecule has 2 aromatic carbocycles. The van der Waals surface area contributed by atoms with Crippen LogP contribution < -0.4 is 19.5 Å². The number of benzene rings is 2. The Hall–Kier alpha value is -3.22. The van der Waals surface area contributed by atoms with Gasteiger partial charge in [0.05, 0.1) is 12.5 Å². The number of amides is 1. The van der Waals surface area contributed by atoms with Crippen molar-refractivity contribution in [2.24, 2.45) is 0 Å². The highest BCUT2D eigenvalue weighted by atomic mass is 16.7. The van der Waals surface area contributed by atoms with Crippen molar-refractivity contribution < 1.29 is 28.9 Å². The number of carbonyl (C=O) groups is 2. The highest BCUT2D eigenvalue weighted by Crippen LogP contribution is 2.34.